The predicted octanol–water partition coefficient (Wildman–Crippen LogP) is 3.22. The van der Waals surface area contributed by atoms with Crippen LogP contribution in [-0.2, 0) is 0 Å². The van der Waals surface area contributed by atoms with Crippen LogP contribution >= 0.6 is 0 Å². The van der Waals surface area contributed by atoms with E-state index in [2.05, 4.69) is 29.7 Å². The Balaban J connectivity index is 1.48. The Morgan fingerprint density at radius 2 is 1.81 bits per heavy atom. The van der Waals surface area contributed by atoms with Gasteiger partial charge in [0, 0.05) is 60.5 Å². The minimum Gasteiger partial charge on any atom is -0.365 e. The van der Waals surface area contributed by atoms with Gasteiger partial charge in [-0.25, -0.2) is 24.3 Å². The number of benzene rings is 1. The molecule has 2 aliphatic rings. The van der Waals surface area contributed by atoms with Crippen LogP contribution in [0, 0.1) is 25.6 Å². The van der Waals surface area contributed by atoms with Gasteiger partial charge in [-0.3, -0.25) is 4.79 Å². The normalized spacial score (nSPS) is 20.2. The van der Waals surface area contributed by atoms with E-state index >= 15 is 0 Å². The first-order valence-electron chi connectivity index (χ1n) is 10.4. The van der Waals surface area contributed by atoms with Crippen molar-refractivity contribution in [1.29, 1.82) is 0 Å². The highest BCUT2D eigenvalue weighted by molar-refractivity contribution is 5.94. The summed E-state index contributed by atoms with van der Waals surface area (Å²) in [6.45, 7) is 6.36. The van der Waals surface area contributed by atoms with Crippen molar-refractivity contribution in [3.63, 3.8) is 0 Å². The third-order valence-corrected chi connectivity index (χ3v) is 6.16. The number of aryl methyl sites for hydroxylation is 2. The maximum atomic E-state index is 14.6. The fourth-order valence-corrected chi connectivity index (χ4v) is 4.69. The van der Waals surface area contributed by atoms with Gasteiger partial charge in [0.05, 0.1) is 11.7 Å². The molecule has 4 heterocycles. The molecule has 0 unspecified atom stereocenters. The molecular formula is C23H23FN6O. The summed E-state index contributed by atoms with van der Waals surface area (Å²) >= 11 is 0. The number of halogens is 1. The molecule has 31 heavy (non-hydrogen) atoms. The Morgan fingerprint density at radius 1 is 1.06 bits per heavy atom. The monoisotopic (exact) mass is 418 g/mol. The molecule has 8 heteroatoms. The largest absolute Gasteiger partial charge is 0.365 e. The molecule has 7 nitrogen and oxygen atoms in total. The number of aldehydes is 1. The first kappa shape index (κ1) is 19.5. The molecule has 0 bridgehead atoms. The molecule has 0 aliphatic carbocycles. The van der Waals surface area contributed by atoms with Crippen molar-refractivity contribution >= 4 is 17.9 Å². The Hall–Kier alpha value is -3.42. The number of nitrogens with zero attached hydrogens (tertiary/aromatic N) is 6. The summed E-state index contributed by atoms with van der Waals surface area (Å²) in [5, 5.41) is 0. The van der Waals surface area contributed by atoms with Crippen molar-refractivity contribution < 1.29 is 9.18 Å². The van der Waals surface area contributed by atoms with E-state index in [1.165, 1.54) is 12.1 Å². The van der Waals surface area contributed by atoms with Crippen LogP contribution in [0.4, 0.5) is 16.0 Å². The second kappa shape index (κ2) is 7.68. The molecule has 0 N–H and O–H groups in total. The smallest absolute Gasteiger partial charge is 0.225 e. The number of aromatic nitrogens is 4. The number of carbonyl (C=O) groups excluding carboxylic acids is 1. The first-order chi connectivity index (χ1) is 15.0. The molecule has 158 valence electrons. The zero-order valence-corrected chi connectivity index (χ0v) is 17.5. The van der Waals surface area contributed by atoms with E-state index in [0.29, 0.717) is 28.6 Å². The number of rotatable bonds is 4. The first-order valence-corrected chi connectivity index (χ1v) is 10.4. The minimum atomic E-state index is -0.406. The molecule has 2 fully saturated rings. The van der Waals surface area contributed by atoms with Crippen molar-refractivity contribution in [1.82, 2.24) is 19.9 Å². The number of piperidine rings is 1. The molecule has 5 rings (SSSR count). The van der Waals surface area contributed by atoms with Crippen LogP contribution in [0.15, 0.2) is 36.7 Å². The lowest BCUT2D eigenvalue weighted by Crippen LogP contribution is -2.65. The topological polar surface area (TPSA) is 75.1 Å². The Bertz CT molecular complexity index is 1120. The van der Waals surface area contributed by atoms with Crippen molar-refractivity contribution in [3.05, 3.63) is 59.4 Å². The van der Waals surface area contributed by atoms with Crippen LogP contribution in [0.1, 0.15) is 28.2 Å². The Kier molecular flexibility index (Phi) is 4.84. The van der Waals surface area contributed by atoms with Crippen molar-refractivity contribution in [3.8, 4) is 11.4 Å². The maximum Gasteiger partial charge on any atom is 0.225 e. The van der Waals surface area contributed by atoms with Crippen LogP contribution in [0.25, 0.3) is 11.4 Å². The van der Waals surface area contributed by atoms with Crippen molar-refractivity contribution in [2.24, 2.45) is 5.92 Å². The average Bonchev–Trinajstić information content (AvgIpc) is 2.74. The van der Waals surface area contributed by atoms with Gasteiger partial charge in [-0.05, 0) is 44.5 Å². The SMILES string of the molecule is Cc1cc(C)nc(N2CC[C@@H]3CN(c4cc(F)cc(-c5ncccn5)c4C=O)[C@@H]3C2)n1. The van der Waals surface area contributed by atoms with Gasteiger partial charge in [0.15, 0.2) is 12.1 Å². The van der Waals surface area contributed by atoms with E-state index < -0.39 is 5.82 Å². The molecule has 0 amide bonds. The molecule has 2 aromatic heterocycles. The number of hydrogen-bond acceptors (Lipinski definition) is 7. The van der Waals surface area contributed by atoms with Gasteiger partial charge < -0.3 is 9.80 Å². The summed E-state index contributed by atoms with van der Waals surface area (Å²) in [5.41, 5.74) is 3.32. The van der Waals surface area contributed by atoms with Crippen LogP contribution in [0.3, 0.4) is 0 Å². The van der Waals surface area contributed by atoms with Gasteiger partial charge in [-0.15, -0.1) is 0 Å². The third kappa shape index (κ3) is 3.52. The average molecular weight is 418 g/mol. The molecule has 3 aromatic rings. The fraction of sp³-hybridized carbons (Fsp3) is 0.348. The van der Waals surface area contributed by atoms with E-state index in [9.17, 15) is 9.18 Å². The van der Waals surface area contributed by atoms with Gasteiger partial charge >= 0.3 is 0 Å². The predicted molar refractivity (Wildman–Crippen MR) is 116 cm³/mol. The number of anilines is 2. The van der Waals surface area contributed by atoms with Gasteiger partial charge in [-0.2, -0.15) is 0 Å². The number of hydrogen-bond donors (Lipinski definition) is 0. The highest BCUT2D eigenvalue weighted by Gasteiger charge is 2.44. The van der Waals surface area contributed by atoms with Crippen molar-refractivity contribution in [2.75, 3.05) is 29.4 Å². The third-order valence-electron chi connectivity index (χ3n) is 6.16. The lowest BCUT2D eigenvalue weighted by molar-refractivity contribution is 0.112. The van der Waals surface area contributed by atoms with Crippen LogP contribution in [0.2, 0.25) is 0 Å². The molecular weight excluding hydrogens is 395 g/mol. The summed E-state index contributed by atoms with van der Waals surface area (Å²) in [6, 6.07) is 6.59. The molecule has 0 radical (unpaired) electrons. The molecule has 1 aromatic carbocycles. The minimum absolute atomic E-state index is 0.170. The van der Waals surface area contributed by atoms with E-state index in [-0.39, 0.29) is 6.04 Å². The molecule has 2 atom stereocenters. The van der Waals surface area contributed by atoms with Crippen LogP contribution in [-0.4, -0.2) is 51.9 Å². The molecule has 0 saturated carbocycles. The van der Waals surface area contributed by atoms with Crippen LogP contribution in [0.5, 0.6) is 0 Å². The maximum absolute atomic E-state index is 14.6. The van der Waals surface area contributed by atoms with Gasteiger partial charge in [-0.1, -0.05) is 0 Å². The van der Waals surface area contributed by atoms with Crippen LogP contribution < -0.4 is 9.80 Å². The second-order valence-electron chi connectivity index (χ2n) is 8.24. The summed E-state index contributed by atoms with van der Waals surface area (Å²) < 4.78 is 14.6. The summed E-state index contributed by atoms with van der Waals surface area (Å²) in [4.78, 5) is 34.0. The zero-order valence-electron chi connectivity index (χ0n) is 17.5. The molecule has 2 aliphatic heterocycles. The zero-order chi connectivity index (χ0) is 21.5. The van der Waals surface area contributed by atoms with Gasteiger partial charge in [0.1, 0.15) is 5.82 Å². The quantitative estimate of drug-likeness (QED) is 0.602. The van der Waals surface area contributed by atoms with E-state index in [0.717, 1.165) is 49.7 Å². The van der Waals surface area contributed by atoms with E-state index in [4.69, 9.17) is 0 Å². The Labute approximate surface area is 180 Å². The Morgan fingerprint density at radius 3 is 2.52 bits per heavy atom. The van der Waals surface area contributed by atoms with Gasteiger partial charge in [0.25, 0.3) is 0 Å². The van der Waals surface area contributed by atoms with E-state index in [1.54, 1.807) is 18.5 Å². The lowest BCUT2D eigenvalue weighted by atomic mass is 9.81. The number of carbonyl (C=O) groups is 1. The standard InChI is InChI=1S/C23H23FN6O/c1-14-8-15(2)28-23(27-14)29-7-4-16-11-30(21(16)12-29)20-10-17(24)9-18(19(20)13-31)22-25-5-3-6-26-22/h3,5-6,8-10,13,16,21H,4,7,11-12H2,1-2H3/t16-,21-/m1/s1. The lowest BCUT2D eigenvalue weighted by Gasteiger charge is -2.55. The molecule has 2 saturated heterocycles. The highest BCUT2D eigenvalue weighted by Crippen LogP contribution is 2.40. The summed E-state index contributed by atoms with van der Waals surface area (Å²) in [5.74, 6) is 1.17. The van der Waals surface area contributed by atoms with Gasteiger partial charge in [0.2, 0.25) is 5.95 Å². The second-order valence-corrected chi connectivity index (χ2v) is 8.24. The fourth-order valence-electron chi connectivity index (χ4n) is 4.69. The van der Waals surface area contributed by atoms with E-state index in [1.807, 2.05) is 19.9 Å². The number of fused-ring (bicyclic) bond motifs is 1. The highest BCUT2D eigenvalue weighted by atomic mass is 19.1. The molecule has 0 spiro atoms. The van der Waals surface area contributed by atoms with Crippen molar-refractivity contribution in [2.45, 2.75) is 26.3 Å². The summed E-state index contributed by atoms with van der Waals surface area (Å²) in [7, 11) is 0. The summed E-state index contributed by atoms with van der Waals surface area (Å²) in [6.07, 6.45) is 4.97.